The van der Waals surface area contributed by atoms with Crippen molar-refractivity contribution in [2.75, 3.05) is 11.9 Å². The van der Waals surface area contributed by atoms with Gasteiger partial charge >= 0.3 is 0 Å². The van der Waals surface area contributed by atoms with Crippen LogP contribution in [0.2, 0.25) is 0 Å². The molecule has 3 heterocycles. The van der Waals surface area contributed by atoms with Crippen molar-refractivity contribution in [2.24, 2.45) is 0 Å². The van der Waals surface area contributed by atoms with Crippen LogP contribution in [0.1, 0.15) is 34.1 Å². The number of carbonyl (C=O) groups is 1. The first-order valence-electron chi connectivity index (χ1n) is 9.25. The van der Waals surface area contributed by atoms with Crippen LogP contribution < -0.4 is 5.32 Å². The molecule has 0 spiro atoms. The zero-order valence-electron chi connectivity index (χ0n) is 15.8. The van der Waals surface area contributed by atoms with E-state index in [2.05, 4.69) is 22.2 Å². The summed E-state index contributed by atoms with van der Waals surface area (Å²) in [7, 11) is -3.51. The average molecular weight is 429 g/mol. The van der Waals surface area contributed by atoms with Crippen molar-refractivity contribution < 1.29 is 13.2 Å². The van der Waals surface area contributed by atoms with E-state index in [1.165, 1.54) is 15.6 Å². The Hall–Kier alpha value is -2.62. The van der Waals surface area contributed by atoms with Crippen molar-refractivity contribution >= 4 is 33.2 Å². The minimum atomic E-state index is -3.51. The second kappa shape index (κ2) is 8.02. The SMILES string of the molecule is CCc1ccc(C(=O)Nc2ncc3c(n2)CCN(S(=O)(=O)c2ccsc2)C3)cc1. The second-order valence-electron chi connectivity index (χ2n) is 6.72. The molecule has 4 rings (SSSR count). The minimum Gasteiger partial charge on any atom is -0.290 e. The maximum absolute atomic E-state index is 12.7. The Balaban J connectivity index is 1.48. The third-order valence-electron chi connectivity index (χ3n) is 4.88. The van der Waals surface area contributed by atoms with Gasteiger partial charge in [0.25, 0.3) is 5.91 Å². The number of hydrogen-bond acceptors (Lipinski definition) is 6. The Morgan fingerprint density at radius 3 is 2.72 bits per heavy atom. The first-order valence-corrected chi connectivity index (χ1v) is 11.6. The smallest absolute Gasteiger partial charge is 0.258 e. The van der Waals surface area contributed by atoms with Gasteiger partial charge in [-0.3, -0.25) is 10.1 Å². The van der Waals surface area contributed by atoms with Crippen LogP contribution in [0.25, 0.3) is 0 Å². The number of nitrogens with zero attached hydrogens (tertiary/aromatic N) is 3. The lowest BCUT2D eigenvalue weighted by atomic mass is 10.1. The van der Waals surface area contributed by atoms with E-state index in [0.29, 0.717) is 23.4 Å². The third-order valence-corrected chi connectivity index (χ3v) is 7.56. The van der Waals surface area contributed by atoms with Gasteiger partial charge in [0, 0.05) is 42.2 Å². The summed E-state index contributed by atoms with van der Waals surface area (Å²) in [6.07, 6.45) is 2.97. The van der Waals surface area contributed by atoms with Crippen molar-refractivity contribution in [1.29, 1.82) is 0 Å². The van der Waals surface area contributed by atoms with Crippen LogP contribution in [-0.4, -0.2) is 35.1 Å². The molecule has 1 aromatic carbocycles. The van der Waals surface area contributed by atoms with E-state index in [4.69, 9.17) is 0 Å². The van der Waals surface area contributed by atoms with Crippen molar-refractivity contribution in [3.63, 3.8) is 0 Å². The topological polar surface area (TPSA) is 92.3 Å². The van der Waals surface area contributed by atoms with Crippen molar-refractivity contribution in [3.05, 3.63) is 69.7 Å². The molecule has 29 heavy (non-hydrogen) atoms. The molecule has 3 aromatic rings. The number of carbonyl (C=O) groups excluding carboxylic acids is 1. The van der Waals surface area contributed by atoms with Gasteiger partial charge in [0.2, 0.25) is 16.0 Å². The average Bonchev–Trinajstić information content (AvgIpc) is 3.29. The number of nitrogens with one attached hydrogen (secondary N) is 1. The highest BCUT2D eigenvalue weighted by molar-refractivity contribution is 7.89. The van der Waals surface area contributed by atoms with Gasteiger partial charge in [-0.2, -0.15) is 15.6 Å². The molecule has 0 fully saturated rings. The number of benzene rings is 1. The molecule has 9 heteroatoms. The number of amides is 1. The number of sulfonamides is 1. The Bertz CT molecular complexity index is 1130. The number of fused-ring (bicyclic) bond motifs is 1. The molecule has 0 saturated carbocycles. The summed E-state index contributed by atoms with van der Waals surface area (Å²) >= 11 is 1.35. The highest BCUT2D eigenvalue weighted by Gasteiger charge is 2.29. The van der Waals surface area contributed by atoms with Crippen LogP contribution in [0.15, 0.2) is 52.2 Å². The molecule has 0 unspecified atom stereocenters. The van der Waals surface area contributed by atoms with Crippen molar-refractivity contribution in [2.45, 2.75) is 31.2 Å². The maximum atomic E-state index is 12.7. The van der Waals surface area contributed by atoms with E-state index in [9.17, 15) is 13.2 Å². The van der Waals surface area contributed by atoms with Crippen molar-refractivity contribution in [3.8, 4) is 0 Å². The molecule has 1 aliphatic rings. The van der Waals surface area contributed by atoms with Gasteiger partial charge in [-0.25, -0.2) is 18.4 Å². The molecule has 0 radical (unpaired) electrons. The molecule has 7 nitrogen and oxygen atoms in total. The quantitative estimate of drug-likeness (QED) is 0.674. The summed E-state index contributed by atoms with van der Waals surface area (Å²) in [4.78, 5) is 21.4. The molecule has 0 aliphatic carbocycles. The molecule has 1 amide bonds. The van der Waals surface area contributed by atoms with Crippen LogP contribution in [-0.2, 0) is 29.4 Å². The van der Waals surface area contributed by atoms with Gasteiger partial charge in [0.1, 0.15) is 0 Å². The number of anilines is 1. The van der Waals surface area contributed by atoms with E-state index in [-0.39, 0.29) is 18.4 Å². The second-order valence-corrected chi connectivity index (χ2v) is 9.44. The molecule has 0 bridgehead atoms. The summed E-state index contributed by atoms with van der Waals surface area (Å²) in [5.74, 6) is -0.0486. The Morgan fingerprint density at radius 2 is 2.03 bits per heavy atom. The van der Waals surface area contributed by atoms with Gasteiger partial charge in [0.15, 0.2) is 0 Å². The molecular weight excluding hydrogens is 408 g/mol. The lowest BCUT2D eigenvalue weighted by Crippen LogP contribution is -2.36. The first-order chi connectivity index (χ1) is 14.0. The van der Waals surface area contributed by atoms with Crippen LogP contribution in [0.5, 0.6) is 0 Å². The molecule has 1 aliphatic heterocycles. The molecule has 2 aromatic heterocycles. The summed E-state index contributed by atoms with van der Waals surface area (Å²) in [6, 6.07) is 9.01. The van der Waals surface area contributed by atoms with E-state index >= 15 is 0 Å². The lowest BCUT2D eigenvalue weighted by molar-refractivity contribution is 0.102. The van der Waals surface area contributed by atoms with Crippen LogP contribution in [0.4, 0.5) is 5.95 Å². The molecule has 0 atom stereocenters. The zero-order valence-corrected chi connectivity index (χ0v) is 17.5. The van der Waals surface area contributed by atoms with Gasteiger partial charge in [-0.1, -0.05) is 19.1 Å². The summed E-state index contributed by atoms with van der Waals surface area (Å²) in [5, 5.41) is 6.10. The third kappa shape index (κ3) is 4.07. The van der Waals surface area contributed by atoms with Crippen LogP contribution >= 0.6 is 11.3 Å². The van der Waals surface area contributed by atoms with Crippen molar-refractivity contribution in [1.82, 2.24) is 14.3 Å². The Labute approximate surface area is 173 Å². The van der Waals surface area contributed by atoms with E-state index in [1.807, 2.05) is 12.1 Å². The highest BCUT2D eigenvalue weighted by Crippen LogP contribution is 2.25. The monoisotopic (exact) mass is 428 g/mol. The number of rotatable bonds is 5. The summed E-state index contributed by atoms with van der Waals surface area (Å²) < 4.78 is 26.9. The molecule has 1 N–H and O–H groups in total. The molecule has 0 saturated heterocycles. The molecule has 150 valence electrons. The van der Waals surface area contributed by atoms with Gasteiger partial charge in [-0.05, 0) is 35.6 Å². The lowest BCUT2D eigenvalue weighted by Gasteiger charge is -2.27. The van der Waals surface area contributed by atoms with Gasteiger partial charge < -0.3 is 0 Å². The summed E-state index contributed by atoms with van der Waals surface area (Å²) in [6.45, 7) is 2.62. The van der Waals surface area contributed by atoms with Crippen LogP contribution in [0, 0.1) is 0 Å². The number of aromatic nitrogens is 2. The van der Waals surface area contributed by atoms with E-state index in [0.717, 1.165) is 23.2 Å². The predicted molar refractivity (Wildman–Crippen MR) is 111 cm³/mol. The fourth-order valence-electron chi connectivity index (χ4n) is 3.17. The Kier molecular flexibility index (Phi) is 5.44. The largest absolute Gasteiger partial charge is 0.290 e. The standard InChI is InChI=1S/C20H20N4O3S2/c1-2-14-3-5-15(6-4-14)19(25)23-20-21-11-16-12-24(9-7-18(16)22-20)29(26,27)17-8-10-28-13-17/h3-6,8,10-11,13H,2,7,9,12H2,1H3,(H,21,22,23,25). The van der Waals surface area contributed by atoms with E-state index < -0.39 is 10.0 Å². The normalized spacial score (nSPS) is 14.4. The van der Waals surface area contributed by atoms with E-state index in [1.54, 1.807) is 35.2 Å². The highest BCUT2D eigenvalue weighted by atomic mass is 32.2. The van der Waals surface area contributed by atoms with Crippen LogP contribution in [0.3, 0.4) is 0 Å². The number of thiophene rings is 1. The predicted octanol–water partition coefficient (Wildman–Crippen LogP) is 3.10. The first kappa shape index (κ1) is 19.7. The van der Waals surface area contributed by atoms with Gasteiger partial charge in [-0.15, -0.1) is 0 Å². The molecular formula is C20H20N4O3S2. The summed E-state index contributed by atoms with van der Waals surface area (Å²) in [5.41, 5.74) is 3.21. The zero-order chi connectivity index (χ0) is 20.4. The Morgan fingerprint density at radius 1 is 1.24 bits per heavy atom. The van der Waals surface area contributed by atoms with Gasteiger partial charge in [0.05, 0.1) is 10.6 Å². The number of hydrogen-bond donors (Lipinski definition) is 1. The maximum Gasteiger partial charge on any atom is 0.258 e. The fourth-order valence-corrected chi connectivity index (χ4v) is 5.60. The minimum absolute atomic E-state index is 0.222. The fraction of sp³-hybridized carbons (Fsp3) is 0.250. The number of aryl methyl sites for hydroxylation is 1.